The van der Waals surface area contributed by atoms with Crippen LogP contribution >= 0.6 is 11.3 Å². The van der Waals surface area contributed by atoms with Crippen LogP contribution in [0.15, 0.2) is 237 Å². The van der Waals surface area contributed by atoms with E-state index in [0.717, 1.165) is 17.1 Å². The summed E-state index contributed by atoms with van der Waals surface area (Å²) in [5.74, 6) is 0. The Morgan fingerprint density at radius 2 is 0.683 bits per heavy atom. The van der Waals surface area contributed by atoms with Crippen LogP contribution in [-0.2, 0) is 5.41 Å². The van der Waals surface area contributed by atoms with Crippen molar-refractivity contribution >= 4 is 48.6 Å². The molecule has 1 spiro atoms. The van der Waals surface area contributed by atoms with Crippen molar-refractivity contribution in [3.8, 4) is 55.6 Å². The van der Waals surface area contributed by atoms with Gasteiger partial charge in [-0.05, 0) is 126 Å². The third-order valence-electron chi connectivity index (χ3n) is 13.5. The Kier molecular flexibility index (Phi) is 8.06. The molecule has 13 rings (SSSR count). The maximum Gasteiger partial charge on any atom is 0.0725 e. The van der Waals surface area contributed by atoms with Crippen molar-refractivity contribution in [1.82, 2.24) is 0 Å². The highest BCUT2D eigenvalue weighted by molar-refractivity contribution is 7.26. The zero-order valence-corrected chi connectivity index (χ0v) is 35.2. The minimum Gasteiger partial charge on any atom is -0.311 e. The number of thiophene rings is 1. The number of hydrogen-bond donors (Lipinski definition) is 0. The van der Waals surface area contributed by atoms with Gasteiger partial charge in [0.15, 0.2) is 0 Å². The first-order valence-electron chi connectivity index (χ1n) is 21.8. The van der Waals surface area contributed by atoms with Gasteiger partial charge in [-0.25, -0.2) is 0 Å². The first-order valence-corrected chi connectivity index (χ1v) is 22.6. The van der Waals surface area contributed by atoms with Gasteiger partial charge in [0.1, 0.15) is 0 Å². The van der Waals surface area contributed by atoms with Crippen LogP contribution in [0.2, 0.25) is 0 Å². The smallest absolute Gasteiger partial charge is 0.0725 e. The van der Waals surface area contributed by atoms with E-state index in [-0.39, 0.29) is 5.41 Å². The Morgan fingerprint density at radius 1 is 0.270 bits per heavy atom. The quantitative estimate of drug-likeness (QED) is 0.162. The van der Waals surface area contributed by atoms with Gasteiger partial charge in [0.2, 0.25) is 0 Å². The lowest BCUT2D eigenvalue weighted by atomic mass is 9.70. The molecule has 63 heavy (non-hydrogen) atoms. The maximum absolute atomic E-state index is 2.44. The lowest BCUT2D eigenvalue weighted by molar-refractivity contribution is 0.794. The Balaban J connectivity index is 0.965. The fraction of sp³-hybridized carbons (Fsp3) is 0.0164. The molecule has 0 N–H and O–H groups in total. The molecule has 1 heterocycles. The Labute approximate surface area is 371 Å². The number of hydrogen-bond acceptors (Lipinski definition) is 2. The normalized spacial score (nSPS) is 12.9. The average Bonchev–Trinajstić information content (AvgIpc) is 4.00. The Morgan fingerprint density at radius 3 is 1.22 bits per heavy atom. The molecule has 2 heteroatoms. The van der Waals surface area contributed by atoms with E-state index in [1.165, 1.54) is 98.1 Å². The predicted molar refractivity (Wildman–Crippen MR) is 267 cm³/mol. The molecule has 0 radical (unpaired) electrons. The molecular weight excluding hydrogens is 779 g/mol. The molecule has 0 bridgehead atoms. The van der Waals surface area contributed by atoms with Crippen molar-refractivity contribution in [2.45, 2.75) is 5.41 Å². The minimum atomic E-state index is -0.375. The summed E-state index contributed by atoms with van der Waals surface area (Å²) in [7, 11) is 0. The molecule has 294 valence electrons. The number of nitrogens with zero attached hydrogens (tertiary/aromatic N) is 1. The van der Waals surface area contributed by atoms with Gasteiger partial charge in [-0.2, -0.15) is 0 Å². The van der Waals surface area contributed by atoms with Gasteiger partial charge in [0.25, 0.3) is 0 Å². The molecule has 0 unspecified atom stereocenters. The highest BCUT2D eigenvalue weighted by Gasteiger charge is 2.52. The average molecular weight is 818 g/mol. The monoisotopic (exact) mass is 817 g/mol. The second kappa shape index (κ2) is 14.1. The molecule has 0 saturated heterocycles. The SMILES string of the molecule is c1ccc(-c2ccc(N(c3ccc(-c4ccccc4)cc3)c3ccc(-c4cccc5sc6ccc7c(c6c45)-c4ccccc4C74c5ccccc5-c5ccccc54)cc3)cc2)cc1. The minimum absolute atomic E-state index is 0.375. The van der Waals surface area contributed by atoms with Crippen molar-refractivity contribution < 1.29 is 0 Å². The van der Waals surface area contributed by atoms with Crippen LogP contribution in [0.25, 0.3) is 75.8 Å². The molecule has 0 aliphatic heterocycles. The predicted octanol–water partition coefficient (Wildman–Crippen LogP) is 16.9. The van der Waals surface area contributed by atoms with E-state index in [9.17, 15) is 0 Å². The van der Waals surface area contributed by atoms with E-state index in [0.29, 0.717) is 0 Å². The van der Waals surface area contributed by atoms with Gasteiger partial charge < -0.3 is 4.90 Å². The number of anilines is 3. The van der Waals surface area contributed by atoms with E-state index in [4.69, 9.17) is 0 Å². The van der Waals surface area contributed by atoms with Crippen molar-refractivity contribution in [1.29, 1.82) is 0 Å². The van der Waals surface area contributed by atoms with E-state index >= 15 is 0 Å². The van der Waals surface area contributed by atoms with E-state index in [1.807, 2.05) is 11.3 Å². The summed E-state index contributed by atoms with van der Waals surface area (Å²) in [5.41, 5.74) is 21.1. The summed E-state index contributed by atoms with van der Waals surface area (Å²) in [6.07, 6.45) is 0. The Hall–Kier alpha value is -7.78. The number of rotatable bonds is 6. The molecule has 0 atom stereocenters. The lowest BCUT2D eigenvalue weighted by Crippen LogP contribution is -2.25. The third-order valence-corrected chi connectivity index (χ3v) is 14.6. The van der Waals surface area contributed by atoms with Crippen LogP contribution in [0.3, 0.4) is 0 Å². The van der Waals surface area contributed by atoms with Crippen LogP contribution < -0.4 is 4.90 Å². The van der Waals surface area contributed by atoms with Crippen molar-refractivity contribution in [3.05, 3.63) is 259 Å². The standard InChI is InChI=1S/C61H39NS/c1-3-14-40(15-4-1)42-26-32-45(33-27-42)62(46-34-28-43(29-35-46)41-16-5-2-6-17-41)47-36-30-44(31-37-47)48-21-13-25-56-59(48)60-57(63-56)39-38-55-58(60)51-20-9-12-24-54(51)61(55)52-22-10-7-18-49(52)50-19-8-11-23-53(50)61/h1-39H. The van der Waals surface area contributed by atoms with Crippen molar-refractivity contribution in [2.24, 2.45) is 0 Å². The topological polar surface area (TPSA) is 3.24 Å². The first-order chi connectivity index (χ1) is 31.3. The summed E-state index contributed by atoms with van der Waals surface area (Å²) in [6, 6.07) is 87.4. The molecule has 2 aliphatic carbocycles. The van der Waals surface area contributed by atoms with Crippen molar-refractivity contribution in [3.63, 3.8) is 0 Å². The van der Waals surface area contributed by atoms with Crippen LogP contribution in [0.5, 0.6) is 0 Å². The second-order valence-corrected chi connectivity index (χ2v) is 17.8. The van der Waals surface area contributed by atoms with E-state index in [1.54, 1.807) is 0 Å². The van der Waals surface area contributed by atoms with Crippen molar-refractivity contribution in [2.75, 3.05) is 4.90 Å². The zero-order valence-electron chi connectivity index (χ0n) is 34.4. The van der Waals surface area contributed by atoms with Gasteiger partial charge >= 0.3 is 0 Å². The van der Waals surface area contributed by atoms with Crippen LogP contribution in [0, 0.1) is 0 Å². The van der Waals surface area contributed by atoms with Crippen LogP contribution in [0.4, 0.5) is 17.1 Å². The summed E-state index contributed by atoms with van der Waals surface area (Å²) in [5, 5.41) is 2.69. The Bertz CT molecular complexity index is 3400. The second-order valence-electron chi connectivity index (χ2n) is 16.7. The molecule has 10 aromatic carbocycles. The summed E-state index contributed by atoms with van der Waals surface area (Å²) in [6.45, 7) is 0. The molecule has 11 aromatic rings. The molecule has 0 amide bonds. The molecular formula is C61H39NS. The fourth-order valence-corrected chi connectivity index (χ4v) is 12.0. The van der Waals surface area contributed by atoms with Crippen LogP contribution in [0.1, 0.15) is 22.3 Å². The van der Waals surface area contributed by atoms with Crippen LogP contribution in [-0.4, -0.2) is 0 Å². The highest BCUT2D eigenvalue weighted by atomic mass is 32.1. The van der Waals surface area contributed by atoms with Gasteiger partial charge in [-0.3, -0.25) is 0 Å². The third kappa shape index (κ3) is 5.35. The summed E-state index contributed by atoms with van der Waals surface area (Å²) >= 11 is 1.91. The highest BCUT2D eigenvalue weighted by Crippen LogP contribution is 2.64. The van der Waals surface area contributed by atoms with Gasteiger partial charge in [0, 0.05) is 37.2 Å². The summed E-state index contributed by atoms with van der Waals surface area (Å²) in [4.78, 5) is 2.37. The number of benzene rings is 10. The largest absolute Gasteiger partial charge is 0.311 e. The first kappa shape index (κ1) is 35.9. The van der Waals surface area contributed by atoms with Gasteiger partial charge in [-0.1, -0.05) is 188 Å². The molecule has 2 aliphatic rings. The van der Waals surface area contributed by atoms with Gasteiger partial charge in [-0.15, -0.1) is 11.3 Å². The maximum atomic E-state index is 2.44. The molecule has 1 nitrogen and oxygen atoms in total. The molecule has 0 fully saturated rings. The van der Waals surface area contributed by atoms with E-state index < -0.39 is 0 Å². The molecule has 0 saturated carbocycles. The lowest BCUT2D eigenvalue weighted by Gasteiger charge is -2.30. The van der Waals surface area contributed by atoms with E-state index in [2.05, 4.69) is 241 Å². The number of fused-ring (bicyclic) bond motifs is 14. The fourth-order valence-electron chi connectivity index (χ4n) is 10.8. The van der Waals surface area contributed by atoms with Gasteiger partial charge in [0.05, 0.1) is 5.41 Å². The summed E-state index contributed by atoms with van der Waals surface area (Å²) < 4.78 is 2.63. The molecule has 1 aromatic heterocycles. The zero-order chi connectivity index (χ0) is 41.5.